The predicted octanol–water partition coefficient (Wildman–Crippen LogP) is 7.52. The second-order valence-electron chi connectivity index (χ2n) is 11.0. The largest absolute Gasteiger partial charge is 0.478 e. The first-order valence-corrected chi connectivity index (χ1v) is 14.8. The van der Waals surface area contributed by atoms with Gasteiger partial charge in [0.2, 0.25) is 5.91 Å². The summed E-state index contributed by atoms with van der Waals surface area (Å²) in [5.74, 6) is -0.654. The SMILES string of the molecule is CCCCC(CC)c1c(-c2ccc(-c3ccccc3C)cc2)n(CC(=O)N2CCOCC2)c2cc(C(=O)O)ccc12. The fourth-order valence-electron chi connectivity index (χ4n) is 6.15. The number of fused-ring (bicyclic) bond motifs is 1. The maximum absolute atomic E-state index is 13.6. The average molecular weight is 553 g/mol. The minimum Gasteiger partial charge on any atom is -0.478 e. The number of ether oxygens (including phenoxy) is 1. The lowest BCUT2D eigenvalue weighted by Gasteiger charge is -2.27. The van der Waals surface area contributed by atoms with E-state index in [-0.39, 0.29) is 18.0 Å². The number of amides is 1. The van der Waals surface area contributed by atoms with Crippen LogP contribution in [0, 0.1) is 6.92 Å². The summed E-state index contributed by atoms with van der Waals surface area (Å²) in [4.78, 5) is 27.5. The summed E-state index contributed by atoms with van der Waals surface area (Å²) in [7, 11) is 0. The molecule has 0 saturated carbocycles. The van der Waals surface area contributed by atoms with E-state index in [1.165, 1.54) is 16.7 Å². The smallest absolute Gasteiger partial charge is 0.335 e. The van der Waals surface area contributed by atoms with E-state index in [1.54, 1.807) is 12.1 Å². The van der Waals surface area contributed by atoms with Gasteiger partial charge in [0.25, 0.3) is 0 Å². The van der Waals surface area contributed by atoms with Crippen molar-refractivity contribution in [2.45, 2.75) is 58.9 Å². The van der Waals surface area contributed by atoms with Gasteiger partial charge in [-0.2, -0.15) is 0 Å². The zero-order valence-electron chi connectivity index (χ0n) is 24.4. The third-order valence-corrected chi connectivity index (χ3v) is 8.43. The van der Waals surface area contributed by atoms with Gasteiger partial charge in [0.1, 0.15) is 6.54 Å². The first kappa shape index (κ1) is 28.6. The van der Waals surface area contributed by atoms with E-state index in [0.717, 1.165) is 53.4 Å². The number of aryl methyl sites for hydroxylation is 1. The molecule has 1 atom stereocenters. The Kier molecular flexibility index (Phi) is 8.89. The summed E-state index contributed by atoms with van der Waals surface area (Å²) in [6.45, 7) is 8.91. The lowest BCUT2D eigenvalue weighted by molar-refractivity contribution is -0.135. The quantitative estimate of drug-likeness (QED) is 0.221. The van der Waals surface area contributed by atoms with Crippen LogP contribution in [0.15, 0.2) is 66.7 Å². The Balaban J connectivity index is 1.71. The molecule has 41 heavy (non-hydrogen) atoms. The number of carboxylic acid groups (broad SMARTS) is 1. The lowest BCUT2D eigenvalue weighted by atomic mass is 9.87. The first-order valence-electron chi connectivity index (χ1n) is 14.8. The highest BCUT2D eigenvalue weighted by Gasteiger charge is 2.27. The minimum absolute atomic E-state index is 0.0249. The number of benzene rings is 3. The number of aromatic nitrogens is 1. The maximum atomic E-state index is 13.6. The van der Waals surface area contributed by atoms with Crippen molar-refractivity contribution >= 4 is 22.8 Å². The summed E-state index contributed by atoms with van der Waals surface area (Å²) in [6, 6.07) is 22.4. The van der Waals surface area contributed by atoms with Crippen LogP contribution in [0.4, 0.5) is 0 Å². The molecule has 0 spiro atoms. The Morgan fingerprint density at radius 2 is 1.66 bits per heavy atom. The zero-order valence-corrected chi connectivity index (χ0v) is 24.4. The van der Waals surface area contributed by atoms with E-state index >= 15 is 0 Å². The predicted molar refractivity (Wildman–Crippen MR) is 164 cm³/mol. The van der Waals surface area contributed by atoms with E-state index in [4.69, 9.17) is 4.74 Å². The molecule has 1 aromatic heterocycles. The van der Waals surface area contributed by atoms with Gasteiger partial charge in [0, 0.05) is 18.5 Å². The van der Waals surface area contributed by atoms with Crippen LogP contribution in [0.1, 0.15) is 66.9 Å². The standard InChI is InChI=1S/C35H40N2O4/c1-4-6-10-25(5-2)33-30-17-16-28(35(39)40)22-31(30)37(23-32(38)36-18-20-41-21-19-36)34(33)27-14-12-26(13-15-27)29-11-8-7-9-24(29)3/h7-9,11-17,22,25H,4-6,10,18-21,23H2,1-3H3,(H,39,40). The first-order chi connectivity index (χ1) is 19.9. The molecular weight excluding hydrogens is 512 g/mol. The van der Waals surface area contributed by atoms with E-state index in [1.807, 2.05) is 11.0 Å². The number of carbonyl (C=O) groups is 2. The maximum Gasteiger partial charge on any atom is 0.335 e. The number of carbonyl (C=O) groups excluding carboxylic acids is 1. The van der Waals surface area contributed by atoms with Crippen molar-refractivity contribution < 1.29 is 19.4 Å². The van der Waals surface area contributed by atoms with Crippen molar-refractivity contribution in [3.8, 4) is 22.4 Å². The van der Waals surface area contributed by atoms with Crippen LogP contribution in [-0.2, 0) is 16.1 Å². The summed E-state index contributed by atoms with van der Waals surface area (Å²) in [6.07, 6.45) is 4.22. The highest BCUT2D eigenvalue weighted by Crippen LogP contribution is 2.42. The average Bonchev–Trinajstić information content (AvgIpc) is 3.31. The molecule has 1 fully saturated rings. The molecule has 0 radical (unpaired) electrons. The molecule has 0 bridgehead atoms. The summed E-state index contributed by atoms with van der Waals surface area (Å²) in [5, 5.41) is 10.9. The van der Waals surface area contributed by atoms with Gasteiger partial charge in [-0.05, 0) is 65.6 Å². The summed E-state index contributed by atoms with van der Waals surface area (Å²) >= 11 is 0. The number of aromatic carboxylic acids is 1. The molecule has 1 unspecified atom stereocenters. The zero-order chi connectivity index (χ0) is 28.9. The van der Waals surface area contributed by atoms with Crippen LogP contribution in [0.2, 0.25) is 0 Å². The van der Waals surface area contributed by atoms with Crippen LogP contribution in [0.3, 0.4) is 0 Å². The Morgan fingerprint density at radius 1 is 0.951 bits per heavy atom. The van der Waals surface area contributed by atoms with E-state index < -0.39 is 5.97 Å². The Hall–Kier alpha value is -3.90. The van der Waals surface area contributed by atoms with Crippen molar-refractivity contribution in [3.63, 3.8) is 0 Å². The number of hydrogen-bond donors (Lipinski definition) is 1. The Bertz CT molecular complexity index is 1530. The number of nitrogens with zero attached hydrogens (tertiary/aromatic N) is 2. The van der Waals surface area contributed by atoms with Crippen LogP contribution in [0.25, 0.3) is 33.3 Å². The van der Waals surface area contributed by atoms with E-state index in [2.05, 4.69) is 73.9 Å². The number of hydrogen-bond acceptors (Lipinski definition) is 3. The van der Waals surface area contributed by atoms with Gasteiger partial charge in [-0.3, -0.25) is 4.79 Å². The molecule has 6 nitrogen and oxygen atoms in total. The van der Waals surface area contributed by atoms with Gasteiger partial charge in [-0.1, -0.05) is 81.3 Å². The topological polar surface area (TPSA) is 71.8 Å². The van der Waals surface area contributed by atoms with Gasteiger partial charge < -0.3 is 19.3 Å². The fourth-order valence-corrected chi connectivity index (χ4v) is 6.15. The molecular formula is C35H40N2O4. The summed E-state index contributed by atoms with van der Waals surface area (Å²) in [5.41, 5.74) is 7.86. The van der Waals surface area contributed by atoms with Crippen molar-refractivity contribution in [1.82, 2.24) is 9.47 Å². The molecule has 6 heteroatoms. The van der Waals surface area contributed by atoms with Crippen LogP contribution >= 0.6 is 0 Å². The van der Waals surface area contributed by atoms with Crippen molar-refractivity contribution in [1.29, 1.82) is 0 Å². The third-order valence-electron chi connectivity index (χ3n) is 8.43. The molecule has 1 amide bonds. The van der Waals surface area contributed by atoms with Crippen molar-refractivity contribution in [2.75, 3.05) is 26.3 Å². The van der Waals surface area contributed by atoms with Crippen LogP contribution < -0.4 is 0 Å². The highest BCUT2D eigenvalue weighted by atomic mass is 16.5. The van der Waals surface area contributed by atoms with Gasteiger partial charge in [-0.15, -0.1) is 0 Å². The number of rotatable bonds is 10. The summed E-state index contributed by atoms with van der Waals surface area (Å²) < 4.78 is 7.56. The molecule has 214 valence electrons. The van der Waals surface area contributed by atoms with Crippen molar-refractivity contribution in [2.24, 2.45) is 0 Å². The van der Waals surface area contributed by atoms with E-state index in [9.17, 15) is 14.7 Å². The lowest BCUT2D eigenvalue weighted by Crippen LogP contribution is -2.42. The fraction of sp³-hybridized carbons (Fsp3) is 0.371. The van der Waals surface area contributed by atoms with Gasteiger partial charge in [0.05, 0.1) is 30.0 Å². The monoisotopic (exact) mass is 552 g/mol. The van der Waals surface area contributed by atoms with Crippen LogP contribution in [-0.4, -0.2) is 52.8 Å². The molecule has 1 N–H and O–H groups in total. The number of unbranched alkanes of at least 4 members (excludes halogenated alkanes) is 1. The molecule has 2 heterocycles. The number of carboxylic acids is 1. The highest BCUT2D eigenvalue weighted by molar-refractivity contribution is 5.99. The molecule has 4 aromatic rings. The molecule has 3 aromatic carbocycles. The number of morpholine rings is 1. The Labute approximate surface area is 242 Å². The van der Waals surface area contributed by atoms with Gasteiger partial charge in [0.15, 0.2) is 0 Å². The molecule has 1 aliphatic rings. The second-order valence-corrected chi connectivity index (χ2v) is 11.0. The van der Waals surface area contributed by atoms with Crippen LogP contribution in [0.5, 0.6) is 0 Å². The van der Waals surface area contributed by atoms with Crippen molar-refractivity contribution in [3.05, 3.63) is 83.4 Å². The Morgan fingerprint density at radius 3 is 2.32 bits per heavy atom. The van der Waals surface area contributed by atoms with Gasteiger partial charge >= 0.3 is 5.97 Å². The molecule has 0 aliphatic carbocycles. The normalized spacial score (nSPS) is 14.4. The second kappa shape index (κ2) is 12.7. The minimum atomic E-state index is -0.970. The van der Waals surface area contributed by atoms with Gasteiger partial charge in [-0.25, -0.2) is 4.79 Å². The molecule has 1 saturated heterocycles. The third kappa shape index (κ3) is 5.94. The molecule has 5 rings (SSSR count). The van der Waals surface area contributed by atoms with E-state index in [0.29, 0.717) is 32.2 Å². The molecule has 1 aliphatic heterocycles.